The Morgan fingerprint density at radius 3 is 2.46 bits per heavy atom. The number of halogens is 3. The molecular weight excluding hydrogens is 369 g/mol. The van der Waals surface area contributed by atoms with Crippen LogP contribution in [0.1, 0.15) is 27.3 Å². The second-order valence-corrected chi connectivity index (χ2v) is 7.08. The number of aryl methyl sites for hydroxylation is 1. The Morgan fingerprint density at radius 2 is 1.92 bits per heavy atom. The molecule has 1 N–H and O–H groups in total. The minimum atomic E-state index is -4.41. The van der Waals surface area contributed by atoms with Gasteiger partial charge in [-0.15, -0.1) is 11.3 Å². The van der Waals surface area contributed by atoms with E-state index in [4.69, 9.17) is 5.11 Å². The largest absolute Gasteiger partial charge is 0.481 e. The van der Waals surface area contributed by atoms with E-state index in [9.17, 15) is 22.8 Å². The molecule has 1 amide bonds. The van der Waals surface area contributed by atoms with E-state index in [1.165, 1.54) is 17.0 Å². The molecule has 2 heterocycles. The standard InChI is InChI=1S/C17H15F3N2O3S/c1-9-13(15(23)22-7-6-11(8-22)16(24)25)26-14(21-9)10-2-4-12(5-3-10)17(18,19)20/h2-5,11H,6-8H2,1H3,(H,24,25)/t11-/m1/s1. The number of hydrogen-bond acceptors (Lipinski definition) is 4. The fraction of sp³-hybridized carbons (Fsp3) is 0.353. The number of likely N-dealkylation sites (tertiary alicyclic amines) is 1. The number of amides is 1. The number of aliphatic carboxylic acids is 1. The molecule has 1 atom stereocenters. The van der Waals surface area contributed by atoms with Gasteiger partial charge in [-0.3, -0.25) is 9.59 Å². The minimum Gasteiger partial charge on any atom is -0.481 e. The van der Waals surface area contributed by atoms with Gasteiger partial charge in [0, 0.05) is 18.7 Å². The van der Waals surface area contributed by atoms with Crippen molar-refractivity contribution in [2.45, 2.75) is 19.5 Å². The maximum atomic E-state index is 12.7. The van der Waals surface area contributed by atoms with Gasteiger partial charge in [-0.05, 0) is 25.5 Å². The van der Waals surface area contributed by atoms with Gasteiger partial charge in [0.25, 0.3) is 5.91 Å². The molecule has 9 heteroatoms. The molecule has 0 bridgehead atoms. The molecule has 1 aliphatic rings. The van der Waals surface area contributed by atoms with Gasteiger partial charge >= 0.3 is 12.1 Å². The Balaban J connectivity index is 1.81. The van der Waals surface area contributed by atoms with E-state index in [-0.39, 0.29) is 12.5 Å². The molecule has 0 unspecified atom stereocenters. The highest BCUT2D eigenvalue weighted by molar-refractivity contribution is 7.17. The quantitative estimate of drug-likeness (QED) is 0.876. The maximum Gasteiger partial charge on any atom is 0.416 e. The van der Waals surface area contributed by atoms with Gasteiger partial charge in [0.1, 0.15) is 9.88 Å². The van der Waals surface area contributed by atoms with Gasteiger partial charge < -0.3 is 10.0 Å². The number of aromatic nitrogens is 1. The van der Waals surface area contributed by atoms with Crippen molar-refractivity contribution in [3.8, 4) is 10.6 Å². The summed E-state index contributed by atoms with van der Waals surface area (Å²) in [6.45, 7) is 2.17. The van der Waals surface area contributed by atoms with E-state index in [0.717, 1.165) is 23.5 Å². The van der Waals surface area contributed by atoms with Crippen LogP contribution < -0.4 is 0 Å². The van der Waals surface area contributed by atoms with E-state index in [0.29, 0.717) is 34.1 Å². The molecule has 1 saturated heterocycles. The first-order valence-electron chi connectivity index (χ1n) is 7.84. The van der Waals surface area contributed by atoms with Crippen molar-refractivity contribution in [1.82, 2.24) is 9.88 Å². The number of thiazole rings is 1. The molecule has 1 aliphatic heterocycles. The van der Waals surface area contributed by atoms with Crippen molar-refractivity contribution in [3.05, 3.63) is 40.4 Å². The maximum absolute atomic E-state index is 12.7. The number of carbonyl (C=O) groups excluding carboxylic acids is 1. The number of alkyl halides is 3. The number of hydrogen-bond donors (Lipinski definition) is 1. The van der Waals surface area contributed by atoms with Crippen molar-refractivity contribution in [2.24, 2.45) is 5.92 Å². The van der Waals surface area contributed by atoms with Gasteiger partial charge in [-0.2, -0.15) is 13.2 Å². The molecule has 3 rings (SSSR count). The number of carboxylic acid groups (broad SMARTS) is 1. The summed E-state index contributed by atoms with van der Waals surface area (Å²) < 4.78 is 38.0. The van der Waals surface area contributed by atoms with Crippen LogP contribution in [0.5, 0.6) is 0 Å². The van der Waals surface area contributed by atoms with Crippen molar-refractivity contribution < 1.29 is 27.9 Å². The van der Waals surface area contributed by atoms with Crippen molar-refractivity contribution in [1.29, 1.82) is 0 Å². The summed E-state index contributed by atoms with van der Waals surface area (Å²) in [6, 6.07) is 4.61. The highest BCUT2D eigenvalue weighted by Gasteiger charge is 2.33. The Labute approximate surface area is 151 Å². The Morgan fingerprint density at radius 1 is 1.27 bits per heavy atom. The van der Waals surface area contributed by atoms with E-state index < -0.39 is 23.6 Å². The minimum absolute atomic E-state index is 0.154. The predicted molar refractivity (Wildman–Crippen MR) is 88.9 cm³/mol. The van der Waals surface area contributed by atoms with E-state index >= 15 is 0 Å². The van der Waals surface area contributed by atoms with Gasteiger partial charge in [0.2, 0.25) is 0 Å². The Bertz CT molecular complexity index is 846. The van der Waals surface area contributed by atoms with Crippen LogP contribution in [-0.4, -0.2) is 40.0 Å². The zero-order valence-corrected chi connectivity index (χ0v) is 14.5. The molecule has 0 saturated carbocycles. The van der Waals surface area contributed by atoms with Crippen LogP contribution in [0, 0.1) is 12.8 Å². The zero-order valence-electron chi connectivity index (χ0n) is 13.7. The van der Waals surface area contributed by atoms with Crippen molar-refractivity contribution >= 4 is 23.2 Å². The second-order valence-electron chi connectivity index (χ2n) is 6.08. The van der Waals surface area contributed by atoms with Crippen molar-refractivity contribution in [3.63, 3.8) is 0 Å². The topological polar surface area (TPSA) is 70.5 Å². The molecule has 0 aliphatic carbocycles. The normalized spacial score (nSPS) is 17.5. The smallest absolute Gasteiger partial charge is 0.416 e. The highest BCUT2D eigenvalue weighted by atomic mass is 32.1. The molecular formula is C17H15F3N2O3S. The van der Waals surface area contributed by atoms with Crippen LogP contribution in [-0.2, 0) is 11.0 Å². The summed E-state index contributed by atoms with van der Waals surface area (Å²) >= 11 is 1.10. The van der Waals surface area contributed by atoms with Crippen LogP contribution in [0.25, 0.3) is 10.6 Å². The molecule has 1 aromatic carbocycles. The average Bonchev–Trinajstić information content (AvgIpc) is 3.20. The van der Waals surface area contributed by atoms with Crippen LogP contribution in [0.3, 0.4) is 0 Å². The lowest BCUT2D eigenvalue weighted by atomic mass is 10.1. The van der Waals surface area contributed by atoms with Crippen LogP contribution >= 0.6 is 11.3 Å². The molecule has 2 aromatic rings. The summed E-state index contributed by atoms with van der Waals surface area (Å²) in [5.41, 5.74) is 0.228. The average molecular weight is 384 g/mol. The van der Waals surface area contributed by atoms with Gasteiger partial charge in [0.05, 0.1) is 17.2 Å². The van der Waals surface area contributed by atoms with Gasteiger partial charge in [0.15, 0.2) is 0 Å². The molecule has 0 radical (unpaired) electrons. The second kappa shape index (κ2) is 6.71. The Hall–Kier alpha value is -2.42. The van der Waals surface area contributed by atoms with E-state index in [2.05, 4.69) is 4.98 Å². The Kier molecular flexibility index (Phi) is 4.74. The number of nitrogens with zero attached hydrogens (tertiary/aromatic N) is 2. The molecule has 26 heavy (non-hydrogen) atoms. The number of rotatable bonds is 3. The predicted octanol–water partition coefficient (Wildman–Crippen LogP) is 3.68. The van der Waals surface area contributed by atoms with Gasteiger partial charge in [-0.1, -0.05) is 12.1 Å². The fourth-order valence-corrected chi connectivity index (χ4v) is 3.85. The van der Waals surface area contributed by atoms with E-state index in [1.807, 2.05) is 0 Å². The molecule has 1 aromatic heterocycles. The zero-order chi connectivity index (χ0) is 19.1. The first kappa shape index (κ1) is 18.4. The van der Waals surface area contributed by atoms with Crippen LogP contribution in [0.2, 0.25) is 0 Å². The summed E-state index contributed by atoms with van der Waals surface area (Å²) in [7, 11) is 0. The van der Waals surface area contributed by atoms with Gasteiger partial charge in [-0.25, -0.2) is 4.98 Å². The molecule has 138 valence electrons. The summed E-state index contributed by atoms with van der Waals surface area (Å²) in [4.78, 5) is 29.8. The lowest BCUT2D eigenvalue weighted by Gasteiger charge is -2.14. The van der Waals surface area contributed by atoms with Crippen LogP contribution in [0.15, 0.2) is 24.3 Å². The summed E-state index contributed by atoms with van der Waals surface area (Å²) in [6.07, 6.45) is -4.00. The SMILES string of the molecule is Cc1nc(-c2ccc(C(F)(F)F)cc2)sc1C(=O)N1CC[C@@H](C(=O)O)C1. The molecule has 0 spiro atoms. The van der Waals surface area contributed by atoms with E-state index in [1.54, 1.807) is 6.92 Å². The third-order valence-electron chi connectivity index (χ3n) is 4.27. The monoisotopic (exact) mass is 384 g/mol. The van der Waals surface area contributed by atoms with Crippen LogP contribution in [0.4, 0.5) is 13.2 Å². The fourth-order valence-electron chi connectivity index (χ4n) is 2.81. The third-order valence-corrected chi connectivity index (χ3v) is 5.47. The summed E-state index contributed by atoms with van der Waals surface area (Å²) in [5.74, 6) is -1.78. The highest BCUT2D eigenvalue weighted by Crippen LogP contribution is 2.33. The molecule has 1 fully saturated rings. The molecule has 5 nitrogen and oxygen atoms in total. The number of benzene rings is 1. The number of carbonyl (C=O) groups is 2. The first-order valence-corrected chi connectivity index (χ1v) is 8.65. The lowest BCUT2D eigenvalue weighted by molar-refractivity contribution is -0.141. The first-order chi connectivity index (χ1) is 12.2. The third kappa shape index (κ3) is 3.57. The summed E-state index contributed by atoms with van der Waals surface area (Å²) in [5, 5.41) is 9.49. The number of carboxylic acids is 1. The van der Waals surface area contributed by atoms with Crippen molar-refractivity contribution in [2.75, 3.05) is 13.1 Å². The lowest BCUT2D eigenvalue weighted by Crippen LogP contribution is -2.29.